The Kier molecular flexibility index (Phi) is 4.21. The van der Waals surface area contributed by atoms with E-state index in [1.165, 1.54) is 23.6 Å². The average Bonchev–Trinajstić information content (AvgIpc) is 2.62. The molecule has 2 aliphatic heterocycles. The second-order valence-electron chi connectivity index (χ2n) is 7.06. The van der Waals surface area contributed by atoms with Crippen molar-refractivity contribution in [3.63, 3.8) is 0 Å². The quantitative estimate of drug-likeness (QED) is 0.605. The molecule has 3 heterocycles. The molecule has 2 saturated heterocycles. The van der Waals surface area contributed by atoms with Gasteiger partial charge in [0.1, 0.15) is 0 Å². The van der Waals surface area contributed by atoms with E-state index in [4.69, 9.17) is 5.21 Å². The summed E-state index contributed by atoms with van der Waals surface area (Å²) in [6.07, 6.45) is 2.87. The predicted octanol–water partition coefficient (Wildman–Crippen LogP) is 0.735. The first-order chi connectivity index (χ1) is 12.6. The number of rotatable bonds is 5. The van der Waals surface area contributed by atoms with Crippen LogP contribution < -0.4 is 15.3 Å². The van der Waals surface area contributed by atoms with E-state index >= 15 is 0 Å². The van der Waals surface area contributed by atoms with Gasteiger partial charge in [-0.2, -0.15) is 0 Å². The summed E-state index contributed by atoms with van der Waals surface area (Å²) in [7, 11) is 4.15. The highest BCUT2D eigenvalue weighted by Gasteiger charge is 2.52. The number of amides is 1. The molecule has 1 aromatic heterocycles. The molecule has 2 N–H and O–H groups in total. The highest BCUT2D eigenvalue weighted by molar-refractivity contribution is 5.92. The summed E-state index contributed by atoms with van der Waals surface area (Å²) in [5, 5.41) is 8.64. The number of fused-ring (bicyclic) bond motifs is 1. The smallest absolute Gasteiger partial charge is 0.277 e. The molecule has 1 amide bonds. The fraction of sp³-hybridized carbons (Fsp3) is 0.389. The number of carbonyl (C=O) groups is 1. The van der Waals surface area contributed by atoms with Crippen LogP contribution in [-0.4, -0.2) is 65.3 Å². The number of anilines is 2. The van der Waals surface area contributed by atoms with Gasteiger partial charge in [0.05, 0.1) is 17.6 Å². The van der Waals surface area contributed by atoms with Crippen LogP contribution in [0.25, 0.3) is 0 Å². The van der Waals surface area contributed by atoms with Crippen molar-refractivity contribution in [2.24, 2.45) is 0 Å². The Bertz CT molecular complexity index is 810. The van der Waals surface area contributed by atoms with Crippen molar-refractivity contribution >= 4 is 17.5 Å². The van der Waals surface area contributed by atoms with E-state index < -0.39 is 5.91 Å². The van der Waals surface area contributed by atoms with Gasteiger partial charge in [0, 0.05) is 37.7 Å². The van der Waals surface area contributed by atoms with Gasteiger partial charge >= 0.3 is 0 Å². The van der Waals surface area contributed by atoms with E-state index in [1.807, 2.05) is 0 Å². The summed E-state index contributed by atoms with van der Waals surface area (Å²) >= 11 is 0. The molecule has 2 aromatic rings. The molecule has 0 aliphatic carbocycles. The number of nitrogens with one attached hydrogen (secondary N) is 1. The Balaban J connectivity index is 1.40. The van der Waals surface area contributed by atoms with Gasteiger partial charge in [0.25, 0.3) is 5.91 Å². The summed E-state index contributed by atoms with van der Waals surface area (Å²) < 4.78 is 0. The number of hydrogen-bond acceptors (Lipinski definition) is 7. The van der Waals surface area contributed by atoms with Crippen molar-refractivity contribution in [3.8, 4) is 0 Å². The number of hydrogen-bond donors (Lipinski definition) is 2. The molecule has 8 heteroatoms. The summed E-state index contributed by atoms with van der Waals surface area (Å²) in [5.41, 5.74) is 4.40. The zero-order valence-electron chi connectivity index (χ0n) is 14.8. The molecule has 1 unspecified atom stereocenters. The molecule has 136 valence electrons. The second-order valence-corrected chi connectivity index (χ2v) is 7.06. The molecule has 8 nitrogen and oxygen atoms in total. The van der Waals surface area contributed by atoms with Gasteiger partial charge < -0.3 is 14.7 Å². The molecule has 0 saturated carbocycles. The molecule has 26 heavy (non-hydrogen) atoms. The standard InChI is InChI=1S/C18H22N6O2/c1-22(2)9-12-4-3-5-14(6-12)23-10-16-15(23)11-24(16)18-19-7-13(8-20-18)17(25)21-26/h3-8,15-16,26H,9-11H2,1-2H3,(H,21,25)/t15-,16?/m1/s1. The van der Waals surface area contributed by atoms with Crippen LogP contribution in [0.4, 0.5) is 11.6 Å². The molecular weight excluding hydrogens is 332 g/mol. The fourth-order valence-electron chi connectivity index (χ4n) is 3.63. The maximum absolute atomic E-state index is 11.3. The summed E-state index contributed by atoms with van der Waals surface area (Å²) in [4.78, 5) is 26.6. The van der Waals surface area contributed by atoms with Crippen LogP contribution in [0.15, 0.2) is 36.7 Å². The minimum absolute atomic E-state index is 0.237. The van der Waals surface area contributed by atoms with Crippen LogP contribution in [0.5, 0.6) is 0 Å². The highest BCUT2D eigenvalue weighted by atomic mass is 16.5. The highest BCUT2D eigenvalue weighted by Crippen LogP contribution is 2.39. The monoisotopic (exact) mass is 354 g/mol. The molecule has 0 bridgehead atoms. The molecule has 2 aliphatic rings. The zero-order valence-corrected chi connectivity index (χ0v) is 14.8. The number of aromatic nitrogens is 2. The van der Waals surface area contributed by atoms with Crippen molar-refractivity contribution in [1.82, 2.24) is 20.3 Å². The van der Waals surface area contributed by atoms with Crippen LogP contribution in [-0.2, 0) is 6.54 Å². The molecular formula is C18H22N6O2. The Morgan fingerprint density at radius 3 is 2.54 bits per heavy atom. The van der Waals surface area contributed by atoms with E-state index in [9.17, 15) is 4.79 Å². The van der Waals surface area contributed by atoms with Crippen molar-refractivity contribution < 1.29 is 10.0 Å². The molecule has 0 radical (unpaired) electrons. The van der Waals surface area contributed by atoms with Gasteiger partial charge in [0.2, 0.25) is 5.95 Å². The van der Waals surface area contributed by atoms with E-state index in [0.29, 0.717) is 18.0 Å². The van der Waals surface area contributed by atoms with Gasteiger partial charge in [-0.25, -0.2) is 15.4 Å². The average molecular weight is 354 g/mol. The lowest BCUT2D eigenvalue weighted by Gasteiger charge is -2.62. The summed E-state index contributed by atoms with van der Waals surface area (Å²) in [6.45, 7) is 2.75. The van der Waals surface area contributed by atoms with Gasteiger partial charge in [-0.15, -0.1) is 0 Å². The van der Waals surface area contributed by atoms with Crippen LogP contribution >= 0.6 is 0 Å². The molecule has 2 atom stereocenters. The van der Waals surface area contributed by atoms with E-state index in [0.717, 1.165) is 19.6 Å². The number of piperazine rings is 1. The third-order valence-electron chi connectivity index (χ3n) is 5.01. The Hall–Kier alpha value is -2.71. The normalized spacial score (nSPS) is 21.1. The molecule has 1 aromatic carbocycles. The Morgan fingerprint density at radius 1 is 1.23 bits per heavy atom. The minimum Gasteiger partial charge on any atom is -0.362 e. The van der Waals surface area contributed by atoms with Crippen molar-refractivity contribution in [3.05, 3.63) is 47.8 Å². The Labute approximate surface area is 152 Å². The van der Waals surface area contributed by atoms with Crippen molar-refractivity contribution in [2.45, 2.75) is 18.6 Å². The first-order valence-electron chi connectivity index (χ1n) is 8.60. The number of carbonyl (C=O) groups excluding carboxylic acids is 1. The van der Waals surface area contributed by atoms with Gasteiger partial charge in [-0.1, -0.05) is 12.1 Å². The molecule has 2 fully saturated rings. The van der Waals surface area contributed by atoms with Crippen molar-refractivity contribution in [1.29, 1.82) is 0 Å². The van der Waals surface area contributed by atoms with Gasteiger partial charge in [-0.3, -0.25) is 10.0 Å². The first-order valence-corrected chi connectivity index (χ1v) is 8.60. The van der Waals surface area contributed by atoms with Crippen LogP contribution in [0.2, 0.25) is 0 Å². The fourth-order valence-corrected chi connectivity index (χ4v) is 3.63. The molecule has 4 rings (SSSR count). The van der Waals surface area contributed by atoms with Gasteiger partial charge in [-0.05, 0) is 31.8 Å². The van der Waals surface area contributed by atoms with Crippen LogP contribution in [0.1, 0.15) is 15.9 Å². The van der Waals surface area contributed by atoms with Crippen molar-refractivity contribution in [2.75, 3.05) is 37.0 Å². The minimum atomic E-state index is -0.606. The molecule has 0 spiro atoms. The maximum atomic E-state index is 11.3. The van der Waals surface area contributed by atoms with Crippen LogP contribution in [0.3, 0.4) is 0 Å². The van der Waals surface area contributed by atoms with E-state index in [2.05, 4.69) is 63.0 Å². The lowest BCUT2D eigenvalue weighted by Crippen LogP contribution is -2.79. The first kappa shape index (κ1) is 16.7. The van der Waals surface area contributed by atoms with E-state index in [-0.39, 0.29) is 5.56 Å². The zero-order chi connectivity index (χ0) is 18.3. The lowest BCUT2D eigenvalue weighted by molar-refractivity contribution is 0.0705. The maximum Gasteiger partial charge on any atom is 0.277 e. The Morgan fingerprint density at radius 2 is 1.92 bits per heavy atom. The third-order valence-corrected chi connectivity index (χ3v) is 5.01. The van der Waals surface area contributed by atoms with Gasteiger partial charge in [0.15, 0.2) is 0 Å². The lowest BCUT2D eigenvalue weighted by atomic mass is 9.85. The van der Waals surface area contributed by atoms with E-state index in [1.54, 1.807) is 5.48 Å². The SMILES string of the molecule is CN(C)Cc1cccc(N2CC3[C@H]2CN3c2ncc(C(=O)NO)cn2)c1. The number of hydroxylamine groups is 1. The summed E-state index contributed by atoms with van der Waals surface area (Å²) in [5.74, 6) is 0.0206. The topological polar surface area (TPSA) is 84.8 Å². The third kappa shape index (κ3) is 2.87. The number of nitrogens with zero attached hydrogens (tertiary/aromatic N) is 5. The largest absolute Gasteiger partial charge is 0.362 e. The summed E-state index contributed by atoms with van der Waals surface area (Å²) in [6, 6.07) is 9.59. The van der Waals surface area contributed by atoms with Crippen LogP contribution in [0, 0.1) is 0 Å². The second kappa shape index (κ2) is 6.54. The number of benzene rings is 1. The predicted molar refractivity (Wildman–Crippen MR) is 97.4 cm³/mol.